The summed E-state index contributed by atoms with van der Waals surface area (Å²) in [5.74, 6) is -0.259. The first-order chi connectivity index (χ1) is 9.72. The molecule has 0 bridgehead atoms. The Balaban J connectivity index is 2.08. The largest absolute Gasteiger partial charge is 0.375 e. The molecule has 0 aliphatic heterocycles. The van der Waals surface area contributed by atoms with E-state index in [0.717, 1.165) is 16.5 Å². The number of amides is 1. The number of rotatable bonds is 6. The summed E-state index contributed by atoms with van der Waals surface area (Å²) in [7, 11) is 0. The molecule has 0 unspecified atom stereocenters. The Kier molecular flexibility index (Phi) is 4.87. The van der Waals surface area contributed by atoms with E-state index < -0.39 is 6.04 Å². The Bertz CT molecular complexity index is 605. The number of fused-ring (bicyclic) bond motifs is 1. The van der Waals surface area contributed by atoms with Crippen molar-refractivity contribution in [2.45, 2.75) is 6.04 Å². The quantitative estimate of drug-likeness (QED) is 0.625. The molecular formula is C16H18N2O2. The standard InChI is InChI=1S/C16H18N2O2/c1-2-10-20-11-14(17)16(19)18-15-9-5-7-12-6-3-4-8-13(12)15/h2-9,14H,1,10-11,17H2,(H,18,19)/t14-/m0/s1. The van der Waals surface area contributed by atoms with Crippen molar-refractivity contribution in [2.75, 3.05) is 18.5 Å². The SMILES string of the molecule is C=CCOC[C@H](N)C(=O)Nc1cccc2ccccc12. The molecule has 0 aliphatic rings. The van der Waals surface area contributed by atoms with Crippen molar-refractivity contribution in [3.63, 3.8) is 0 Å². The van der Waals surface area contributed by atoms with E-state index in [4.69, 9.17) is 10.5 Å². The predicted octanol–water partition coefficient (Wildman–Crippen LogP) is 2.31. The van der Waals surface area contributed by atoms with Crippen LogP contribution in [0.4, 0.5) is 5.69 Å². The molecule has 0 spiro atoms. The number of hydrogen-bond acceptors (Lipinski definition) is 3. The summed E-state index contributed by atoms with van der Waals surface area (Å²) in [4.78, 5) is 12.0. The van der Waals surface area contributed by atoms with E-state index >= 15 is 0 Å². The minimum absolute atomic E-state index is 0.169. The highest BCUT2D eigenvalue weighted by atomic mass is 16.5. The molecule has 0 radical (unpaired) electrons. The molecule has 0 heterocycles. The third-order valence-electron chi connectivity index (χ3n) is 2.92. The zero-order valence-electron chi connectivity index (χ0n) is 11.2. The highest BCUT2D eigenvalue weighted by Gasteiger charge is 2.14. The first-order valence-corrected chi connectivity index (χ1v) is 6.45. The second-order valence-electron chi connectivity index (χ2n) is 4.45. The van der Waals surface area contributed by atoms with Gasteiger partial charge in [-0.05, 0) is 11.5 Å². The van der Waals surface area contributed by atoms with E-state index in [9.17, 15) is 4.79 Å². The molecule has 4 heteroatoms. The molecule has 0 aromatic heterocycles. The van der Waals surface area contributed by atoms with Crippen LogP contribution in [0.3, 0.4) is 0 Å². The van der Waals surface area contributed by atoms with Gasteiger partial charge in [-0.2, -0.15) is 0 Å². The molecule has 3 N–H and O–H groups in total. The van der Waals surface area contributed by atoms with Crippen LogP contribution in [0, 0.1) is 0 Å². The minimum Gasteiger partial charge on any atom is -0.375 e. The number of ether oxygens (including phenoxy) is 1. The van der Waals surface area contributed by atoms with E-state index in [1.807, 2.05) is 42.5 Å². The van der Waals surface area contributed by atoms with Gasteiger partial charge in [0.15, 0.2) is 0 Å². The maximum Gasteiger partial charge on any atom is 0.243 e. The number of benzene rings is 2. The van der Waals surface area contributed by atoms with Crippen molar-refractivity contribution in [3.8, 4) is 0 Å². The second-order valence-corrected chi connectivity index (χ2v) is 4.45. The highest BCUT2D eigenvalue weighted by molar-refractivity contribution is 6.03. The molecule has 0 saturated heterocycles. The number of nitrogens with one attached hydrogen (secondary N) is 1. The lowest BCUT2D eigenvalue weighted by molar-refractivity contribution is -0.118. The highest BCUT2D eigenvalue weighted by Crippen LogP contribution is 2.22. The van der Waals surface area contributed by atoms with Crippen LogP contribution in [0.15, 0.2) is 55.1 Å². The first kappa shape index (κ1) is 14.2. The first-order valence-electron chi connectivity index (χ1n) is 6.45. The van der Waals surface area contributed by atoms with Crippen LogP contribution < -0.4 is 11.1 Å². The molecule has 0 aliphatic carbocycles. The van der Waals surface area contributed by atoms with Crippen LogP contribution in [0.25, 0.3) is 10.8 Å². The summed E-state index contributed by atoms with van der Waals surface area (Å²) in [6.45, 7) is 4.09. The molecule has 2 aromatic carbocycles. The molecule has 2 rings (SSSR count). The van der Waals surface area contributed by atoms with Gasteiger partial charge in [0.05, 0.1) is 13.2 Å². The van der Waals surface area contributed by atoms with Gasteiger partial charge in [0.25, 0.3) is 0 Å². The van der Waals surface area contributed by atoms with E-state index in [1.54, 1.807) is 6.08 Å². The molecule has 0 fully saturated rings. The van der Waals surface area contributed by atoms with E-state index in [2.05, 4.69) is 11.9 Å². The van der Waals surface area contributed by atoms with Gasteiger partial charge in [-0.25, -0.2) is 0 Å². The Morgan fingerprint density at radius 2 is 2.05 bits per heavy atom. The van der Waals surface area contributed by atoms with Crippen molar-refractivity contribution < 1.29 is 9.53 Å². The van der Waals surface area contributed by atoms with Crippen molar-refractivity contribution in [1.82, 2.24) is 0 Å². The van der Waals surface area contributed by atoms with Gasteiger partial charge in [-0.1, -0.05) is 42.5 Å². The lowest BCUT2D eigenvalue weighted by atomic mass is 10.1. The van der Waals surface area contributed by atoms with Crippen molar-refractivity contribution in [2.24, 2.45) is 5.73 Å². The lowest BCUT2D eigenvalue weighted by Gasteiger charge is -2.13. The number of carbonyl (C=O) groups is 1. The maximum absolute atomic E-state index is 12.0. The predicted molar refractivity (Wildman–Crippen MR) is 81.6 cm³/mol. The fourth-order valence-corrected chi connectivity index (χ4v) is 1.91. The Hall–Kier alpha value is -2.17. The zero-order chi connectivity index (χ0) is 14.4. The molecule has 0 saturated carbocycles. The Morgan fingerprint density at radius 1 is 1.30 bits per heavy atom. The summed E-state index contributed by atoms with van der Waals surface area (Å²) in [5, 5.41) is 4.90. The summed E-state index contributed by atoms with van der Waals surface area (Å²) in [6, 6.07) is 12.9. The molecule has 20 heavy (non-hydrogen) atoms. The van der Waals surface area contributed by atoms with Gasteiger partial charge >= 0.3 is 0 Å². The lowest BCUT2D eigenvalue weighted by Crippen LogP contribution is -2.39. The summed E-state index contributed by atoms with van der Waals surface area (Å²) in [6.07, 6.45) is 1.62. The molecule has 4 nitrogen and oxygen atoms in total. The number of carbonyl (C=O) groups excluding carboxylic acids is 1. The van der Waals surface area contributed by atoms with Crippen LogP contribution in [0.5, 0.6) is 0 Å². The second kappa shape index (κ2) is 6.84. The van der Waals surface area contributed by atoms with Gasteiger partial charge in [0.2, 0.25) is 5.91 Å². The van der Waals surface area contributed by atoms with Gasteiger partial charge in [0, 0.05) is 11.1 Å². The smallest absolute Gasteiger partial charge is 0.243 e. The van der Waals surface area contributed by atoms with Crippen molar-refractivity contribution in [3.05, 3.63) is 55.1 Å². The van der Waals surface area contributed by atoms with E-state index in [0.29, 0.717) is 6.61 Å². The minimum atomic E-state index is -0.700. The van der Waals surface area contributed by atoms with Crippen molar-refractivity contribution in [1.29, 1.82) is 0 Å². The van der Waals surface area contributed by atoms with Gasteiger partial charge < -0.3 is 15.8 Å². The molecule has 1 amide bonds. The molecular weight excluding hydrogens is 252 g/mol. The average Bonchev–Trinajstić information content (AvgIpc) is 2.47. The van der Waals surface area contributed by atoms with Crippen LogP contribution in [-0.4, -0.2) is 25.2 Å². The molecule has 1 atom stereocenters. The number of anilines is 1. The van der Waals surface area contributed by atoms with Gasteiger partial charge in [-0.15, -0.1) is 6.58 Å². The third kappa shape index (κ3) is 3.44. The summed E-state index contributed by atoms with van der Waals surface area (Å²) >= 11 is 0. The zero-order valence-corrected chi connectivity index (χ0v) is 11.2. The summed E-state index contributed by atoms with van der Waals surface area (Å²) in [5.41, 5.74) is 6.54. The van der Waals surface area contributed by atoms with Crippen LogP contribution in [-0.2, 0) is 9.53 Å². The Labute approximate surface area is 118 Å². The van der Waals surface area contributed by atoms with Crippen LogP contribution >= 0.6 is 0 Å². The number of hydrogen-bond donors (Lipinski definition) is 2. The normalized spacial score (nSPS) is 12.1. The fourth-order valence-electron chi connectivity index (χ4n) is 1.91. The topological polar surface area (TPSA) is 64.3 Å². The van der Waals surface area contributed by atoms with E-state index in [-0.39, 0.29) is 12.5 Å². The fraction of sp³-hybridized carbons (Fsp3) is 0.188. The molecule has 104 valence electrons. The summed E-state index contributed by atoms with van der Waals surface area (Å²) < 4.78 is 5.19. The van der Waals surface area contributed by atoms with Crippen molar-refractivity contribution >= 4 is 22.4 Å². The average molecular weight is 270 g/mol. The monoisotopic (exact) mass is 270 g/mol. The van der Waals surface area contributed by atoms with E-state index in [1.165, 1.54) is 0 Å². The maximum atomic E-state index is 12.0. The van der Waals surface area contributed by atoms with Gasteiger partial charge in [0.1, 0.15) is 6.04 Å². The van der Waals surface area contributed by atoms with Crippen LogP contribution in [0.1, 0.15) is 0 Å². The number of nitrogens with two attached hydrogens (primary N) is 1. The molecule has 2 aromatic rings. The third-order valence-corrected chi connectivity index (χ3v) is 2.92. The van der Waals surface area contributed by atoms with Gasteiger partial charge in [-0.3, -0.25) is 4.79 Å². The van der Waals surface area contributed by atoms with Crippen LogP contribution in [0.2, 0.25) is 0 Å². The Morgan fingerprint density at radius 3 is 2.85 bits per heavy atom.